The summed E-state index contributed by atoms with van der Waals surface area (Å²) < 4.78 is 7.24. The van der Waals surface area contributed by atoms with Crippen LogP contribution in [0.15, 0.2) is 24.4 Å². The Morgan fingerprint density at radius 1 is 1.39 bits per heavy atom. The molecule has 18 heavy (non-hydrogen) atoms. The fraction of sp³-hybridized carbons (Fsp3) is 0.385. The normalized spacial score (nSPS) is 15.7. The second-order valence-electron chi connectivity index (χ2n) is 4.47. The van der Waals surface area contributed by atoms with E-state index < -0.39 is 0 Å². The van der Waals surface area contributed by atoms with Crippen LogP contribution in [0.1, 0.15) is 35.3 Å². The van der Waals surface area contributed by atoms with Crippen LogP contribution in [0.4, 0.5) is 0 Å². The van der Waals surface area contributed by atoms with E-state index in [1.165, 1.54) is 11.1 Å². The average molecular weight is 244 g/mol. The van der Waals surface area contributed by atoms with Crippen LogP contribution in [0.5, 0.6) is 0 Å². The Labute approximate surface area is 106 Å². The number of benzene rings is 1. The summed E-state index contributed by atoms with van der Waals surface area (Å²) in [6.07, 6.45) is 1.73. The van der Waals surface area contributed by atoms with Gasteiger partial charge in [0, 0.05) is 6.54 Å². The first-order valence-electron chi connectivity index (χ1n) is 6.13. The summed E-state index contributed by atoms with van der Waals surface area (Å²) in [5.41, 5.74) is 10.8. The molecule has 0 spiro atoms. The molecule has 2 N–H and O–H groups in total. The average Bonchev–Trinajstić information content (AvgIpc) is 3.05. The van der Waals surface area contributed by atoms with E-state index in [9.17, 15) is 0 Å². The highest BCUT2D eigenvalue weighted by Crippen LogP contribution is 2.25. The van der Waals surface area contributed by atoms with Crippen LogP contribution in [0, 0.1) is 0 Å². The zero-order valence-electron chi connectivity index (χ0n) is 10.3. The van der Waals surface area contributed by atoms with Gasteiger partial charge in [0.25, 0.3) is 0 Å². The van der Waals surface area contributed by atoms with Crippen LogP contribution in [-0.4, -0.2) is 15.0 Å². The number of fused-ring (bicyclic) bond motifs is 1. The standard InChI is InChI=1S/C13H16N4O/c1-2-17-12(6-15-16-17)13(14)9-3-4-10-7-18-8-11(10)5-9/h3-6,13H,2,7-8,14H2,1H3. The summed E-state index contributed by atoms with van der Waals surface area (Å²) in [4.78, 5) is 0. The minimum absolute atomic E-state index is 0.189. The highest BCUT2D eigenvalue weighted by molar-refractivity contribution is 5.36. The molecule has 1 aliphatic rings. The Hall–Kier alpha value is -1.72. The van der Waals surface area contributed by atoms with Gasteiger partial charge in [-0.2, -0.15) is 0 Å². The van der Waals surface area contributed by atoms with Crippen LogP contribution in [0.2, 0.25) is 0 Å². The van der Waals surface area contributed by atoms with E-state index in [2.05, 4.69) is 28.5 Å². The van der Waals surface area contributed by atoms with Crippen molar-refractivity contribution in [3.8, 4) is 0 Å². The zero-order valence-corrected chi connectivity index (χ0v) is 10.3. The molecular weight excluding hydrogens is 228 g/mol. The number of aryl methyl sites for hydroxylation is 1. The molecule has 0 aliphatic carbocycles. The van der Waals surface area contributed by atoms with Crippen LogP contribution in [0.25, 0.3) is 0 Å². The largest absolute Gasteiger partial charge is 0.372 e. The molecule has 0 saturated carbocycles. The van der Waals surface area contributed by atoms with Gasteiger partial charge in [0.05, 0.1) is 31.1 Å². The molecule has 0 saturated heterocycles. The van der Waals surface area contributed by atoms with E-state index in [1.807, 2.05) is 11.6 Å². The minimum atomic E-state index is -0.189. The second-order valence-corrected chi connectivity index (χ2v) is 4.47. The van der Waals surface area contributed by atoms with E-state index in [0.717, 1.165) is 17.8 Å². The van der Waals surface area contributed by atoms with E-state index in [0.29, 0.717) is 13.2 Å². The van der Waals surface area contributed by atoms with Crippen molar-refractivity contribution in [3.63, 3.8) is 0 Å². The number of hydrogen-bond donors (Lipinski definition) is 1. The molecule has 0 radical (unpaired) electrons. The summed E-state index contributed by atoms with van der Waals surface area (Å²) in [7, 11) is 0. The predicted octanol–water partition coefficient (Wildman–Crippen LogP) is 1.38. The van der Waals surface area contributed by atoms with Crippen LogP contribution in [-0.2, 0) is 24.5 Å². The molecule has 5 heteroatoms. The van der Waals surface area contributed by atoms with Crippen molar-refractivity contribution in [1.29, 1.82) is 0 Å². The van der Waals surface area contributed by atoms with Crippen LogP contribution < -0.4 is 5.73 Å². The molecule has 5 nitrogen and oxygen atoms in total. The summed E-state index contributed by atoms with van der Waals surface area (Å²) >= 11 is 0. The number of aromatic nitrogens is 3. The van der Waals surface area contributed by atoms with Crippen LogP contribution in [0.3, 0.4) is 0 Å². The highest BCUT2D eigenvalue weighted by atomic mass is 16.5. The maximum absolute atomic E-state index is 6.29. The van der Waals surface area contributed by atoms with Gasteiger partial charge >= 0.3 is 0 Å². The zero-order chi connectivity index (χ0) is 12.5. The molecule has 2 heterocycles. The molecule has 3 rings (SSSR count). The van der Waals surface area contributed by atoms with Crippen molar-refractivity contribution in [2.75, 3.05) is 0 Å². The van der Waals surface area contributed by atoms with E-state index in [-0.39, 0.29) is 6.04 Å². The smallest absolute Gasteiger partial charge is 0.0799 e. The topological polar surface area (TPSA) is 66.0 Å². The number of ether oxygens (including phenoxy) is 1. The number of nitrogens with two attached hydrogens (primary N) is 1. The third-order valence-electron chi connectivity index (χ3n) is 3.37. The Bertz CT molecular complexity index is 564. The predicted molar refractivity (Wildman–Crippen MR) is 66.7 cm³/mol. The highest BCUT2D eigenvalue weighted by Gasteiger charge is 2.17. The third kappa shape index (κ3) is 1.81. The van der Waals surface area contributed by atoms with Crippen LogP contribution >= 0.6 is 0 Å². The number of nitrogens with zero attached hydrogens (tertiary/aromatic N) is 3. The molecule has 1 atom stereocenters. The lowest BCUT2D eigenvalue weighted by Crippen LogP contribution is -2.17. The van der Waals surface area contributed by atoms with Gasteiger partial charge in [-0.15, -0.1) is 5.10 Å². The van der Waals surface area contributed by atoms with E-state index in [1.54, 1.807) is 6.20 Å². The molecule has 1 aromatic heterocycles. The molecule has 0 fully saturated rings. The maximum Gasteiger partial charge on any atom is 0.0799 e. The van der Waals surface area contributed by atoms with Gasteiger partial charge in [0.1, 0.15) is 0 Å². The summed E-state index contributed by atoms with van der Waals surface area (Å²) in [5, 5.41) is 7.94. The molecular formula is C13H16N4O. The van der Waals surface area contributed by atoms with Crippen molar-refractivity contribution in [2.45, 2.75) is 32.7 Å². The van der Waals surface area contributed by atoms with Crippen molar-refractivity contribution in [2.24, 2.45) is 5.73 Å². The molecule has 94 valence electrons. The summed E-state index contributed by atoms with van der Waals surface area (Å²) in [5.74, 6) is 0. The summed E-state index contributed by atoms with van der Waals surface area (Å²) in [6.45, 7) is 4.19. The molecule has 1 unspecified atom stereocenters. The van der Waals surface area contributed by atoms with E-state index >= 15 is 0 Å². The van der Waals surface area contributed by atoms with Gasteiger partial charge in [-0.1, -0.05) is 23.4 Å². The molecule has 0 amide bonds. The Morgan fingerprint density at radius 3 is 3.06 bits per heavy atom. The molecule has 1 aromatic carbocycles. The first-order chi connectivity index (χ1) is 8.79. The fourth-order valence-electron chi connectivity index (χ4n) is 2.31. The number of rotatable bonds is 3. The van der Waals surface area contributed by atoms with Crippen molar-refractivity contribution >= 4 is 0 Å². The maximum atomic E-state index is 6.29. The fourth-order valence-corrected chi connectivity index (χ4v) is 2.31. The quantitative estimate of drug-likeness (QED) is 0.885. The summed E-state index contributed by atoms with van der Waals surface area (Å²) in [6, 6.07) is 6.09. The molecule has 2 aromatic rings. The lowest BCUT2D eigenvalue weighted by atomic mass is 10.00. The minimum Gasteiger partial charge on any atom is -0.372 e. The van der Waals surface area contributed by atoms with Gasteiger partial charge < -0.3 is 10.5 Å². The Morgan fingerprint density at radius 2 is 2.22 bits per heavy atom. The first kappa shape index (κ1) is 11.4. The molecule has 1 aliphatic heterocycles. The lowest BCUT2D eigenvalue weighted by molar-refractivity contribution is 0.134. The van der Waals surface area contributed by atoms with Crippen molar-refractivity contribution < 1.29 is 4.74 Å². The van der Waals surface area contributed by atoms with E-state index in [4.69, 9.17) is 10.5 Å². The van der Waals surface area contributed by atoms with Crippen molar-refractivity contribution in [3.05, 3.63) is 46.8 Å². The lowest BCUT2D eigenvalue weighted by Gasteiger charge is -2.13. The van der Waals surface area contributed by atoms with Crippen molar-refractivity contribution in [1.82, 2.24) is 15.0 Å². The van der Waals surface area contributed by atoms with Gasteiger partial charge in [0.15, 0.2) is 0 Å². The SMILES string of the molecule is CCn1nncc1C(N)c1ccc2c(c1)COC2. The Kier molecular flexibility index (Phi) is 2.85. The van der Waals surface area contributed by atoms with Gasteiger partial charge in [-0.3, -0.25) is 0 Å². The Balaban J connectivity index is 1.95. The van der Waals surface area contributed by atoms with Gasteiger partial charge in [-0.05, 0) is 23.6 Å². The van der Waals surface area contributed by atoms with Gasteiger partial charge in [-0.25, -0.2) is 4.68 Å². The first-order valence-corrected chi connectivity index (χ1v) is 6.13. The third-order valence-corrected chi connectivity index (χ3v) is 3.37. The monoisotopic (exact) mass is 244 g/mol. The van der Waals surface area contributed by atoms with Gasteiger partial charge in [0.2, 0.25) is 0 Å². The number of hydrogen-bond acceptors (Lipinski definition) is 4. The second kappa shape index (κ2) is 4.51. The molecule has 0 bridgehead atoms.